The van der Waals surface area contributed by atoms with Crippen molar-refractivity contribution in [1.29, 1.82) is 0 Å². The van der Waals surface area contributed by atoms with Crippen molar-refractivity contribution in [3.8, 4) is 5.75 Å². The number of anilines is 1. The first kappa shape index (κ1) is 18.3. The molecule has 138 valence electrons. The summed E-state index contributed by atoms with van der Waals surface area (Å²) in [6.45, 7) is 6.81. The highest BCUT2D eigenvalue weighted by molar-refractivity contribution is 7.92. The Morgan fingerprint density at radius 1 is 1.19 bits per heavy atom. The quantitative estimate of drug-likeness (QED) is 0.712. The Balaban J connectivity index is 2.08. The molecule has 0 bridgehead atoms. The van der Waals surface area contributed by atoms with Crippen molar-refractivity contribution in [2.24, 2.45) is 0 Å². The highest BCUT2D eigenvalue weighted by Crippen LogP contribution is 2.31. The van der Waals surface area contributed by atoms with Gasteiger partial charge in [-0.3, -0.25) is 4.72 Å². The number of rotatable bonds is 6. The van der Waals surface area contributed by atoms with E-state index in [1.165, 1.54) is 12.1 Å². The zero-order valence-corrected chi connectivity index (χ0v) is 16.2. The van der Waals surface area contributed by atoms with Crippen molar-refractivity contribution in [3.05, 3.63) is 47.8 Å². The Morgan fingerprint density at radius 3 is 2.50 bits per heavy atom. The molecule has 2 aromatic carbocycles. The van der Waals surface area contributed by atoms with Crippen LogP contribution in [0, 0.1) is 13.8 Å². The van der Waals surface area contributed by atoms with Crippen LogP contribution in [0.2, 0.25) is 0 Å². The second-order valence-corrected chi connectivity index (χ2v) is 7.96. The van der Waals surface area contributed by atoms with E-state index in [1.807, 2.05) is 18.4 Å². The van der Waals surface area contributed by atoms with Crippen molar-refractivity contribution in [2.45, 2.75) is 38.6 Å². The molecule has 3 aromatic rings. The minimum atomic E-state index is -3.73. The highest BCUT2D eigenvalue weighted by atomic mass is 32.2. The molecule has 1 aromatic heterocycles. The molecule has 0 saturated heterocycles. The lowest BCUT2D eigenvalue weighted by atomic mass is 10.1. The molecule has 7 heteroatoms. The maximum atomic E-state index is 12.9. The van der Waals surface area contributed by atoms with Crippen LogP contribution in [0.25, 0.3) is 11.0 Å². The van der Waals surface area contributed by atoms with Crippen LogP contribution in [0.3, 0.4) is 0 Å². The van der Waals surface area contributed by atoms with Gasteiger partial charge in [0.15, 0.2) is 0 Å². The summed E-state index contributed by atoms with van der Waals surface area (Å²) < 4.78 is 35.6. The zero-order chi connectivity index (χ0) is 18.9. The molecule has 0 unspecified atom stereocenters. The summed E-state index contributed by atoms with van der Waals surface area (Å²) in [7, 11) is -2.18. The zero-order valence-electron chi connectivity index (χ0n) is 15.4. The highest BCUT2D eigenvalue weighted by Gasteiger charge is 2.20. The molecular weight excluding hydrogens is 350 g/mol. The summed E-state index contributed by atoms with van der Waals surface area (Å²) in [5.74, 6) is 0.608. The van der Waals surface area contributed by atoms with Crippen LogP contribution in [-0.2, 0) is 16.6 Å². The minimum absolute atomic E-state index is 0.181. The normalized spacial score (nSPS) is 11.7. The predicted octanol–water partition coefficient (Wildman–Crippen LogP) is 3.87. The van der Waals surface area contributed by atoms with Gasteiger partial charge in [-0.25, -0.2) is 13.4 Å². The fourth-order valence-electron chi connectivity index (χ4n) is 2.92. The van der Waals surface area contributed by atoms with E-state index in [2.05, 4.69) is 22.7 Å². The molecule has 26 heavy (non-hydrogen) atoms. The van der Waals surface area contributed by atoms with E-state index in [1.54, 1.807) is 25.6 Å². The average molecular weight is 373 g/mol. The second kappa shape index (κ2) is 6.99. The molecule has 1 heterocycles. The average Bonchev–Trinajstić information content (AvgIpc) is 3.02. The van der Waals surface area contributed by atoms with Gasteiger partial charge in [0.25, 0.3) is 10.0 Å². The van der Waals surface area contributed by atoms with Gasteiger partial charge in [-0.15, -0.1) is 0 Å². The molecule has 0 atom stereocenters. The van der Waals surface area contributed by atoms with Crippen molar-refractivity contribution in [2.75, 3.05) is 11.8 Å². The molecule has 0 amide bonds. The largest absolute Gasteiger partial charge is 0.497 e. The van der Waals surface area contributed by atoms with Gasteiger partial charge in [0.05, 0.1) is 29.5 Å². The van der Waals surface area contributed by atoms with E-state index in [-0.39, 0.29) is 4.90 Å². The Labute approximate surface area is 153 Å². The number of hydrogen-bond donors (Lipinski definition) is 1. The number of ether oxygens (including phenoxy) is 1. The predicted molar refractivity (Wildman–Crippen MR) is 103 cm³/mol. The number of methoxy groups -OCH3 is 1. The maximum Gasteiger partial charge on any atom is 0.261 e. The number of benzene rings is 2. The summed E-state index contributed by atoms with van der Waals surface area (Å²) in [6.07, 6.45) is 2.74. The van der Waals surface area contributed by atoms with Gasteiger partial charge < -0.3 is 9.30 Å². The van der Waals surface area contributed by atoms with Crippen molar-refractivity contribution < 1.29 is 13.2 Å². The summed E-state index contributed by atoms with van der Waals surface area (Å²) in [4.78, 5) is 4.64. The lowest BCUT2D eigenvalue weighted by Gasteiger charge is -2.14. The van der Waals surface area contributed by atoms with Crippen LogP contribution in [0.15, 0.2) is 41.6 Å². The molecule has 0 aliphatic carbocycles. The fourth-order valence-corrected chi connectivity index (χ4v) is 4.05. The first-order valence-electron chi connectivity index (χ1n) is 8.49. The molecule has 0 aliphatic rings. The Morgan fingerprint density at radius 2 is 1.88 bits per heavy atom. The van der Waals surface area contributed by atoms with Gasteiger partial charge in [-0.1, -0.05) is 6.92 Å². The number of hydrogen-bond acceptors (Lipinski definition) is 4. The van der Waals surface area contributed by atoms with Crippen LogP contribution in [0.4, 0.5) is 5.69 Å². The van der Waals surface area contributed by atoms with E-state index >= 15 is 0 Å². The van der Waals surface area contributed by atoms with Crippen LogP contribution in [0.5, 0.6) is 5.75 Å². The van der Waals surface area contributed by atoms with Crippen LogP contribution < -0.4 is 9.46 Å². The third-order valence-electron chi connectivity index (χ3n) is 4.51. The molecular formula is C19H23N3O3S. The number of imidazole rings is 1. The van der Waals surface area contributed by atoms with Crippen molar-refractivity contribution >= 4 is 26.7 Å². The summed E-state index contributed by atoms with van der Waals surface area (Å²) in [5, 5.41) is 0. The number of aromatic nitrogens is 2. The second-order valence-electron chi connectivity index (χ2n) is 6.28. The molecule has 0 fully saturated rings. The summed E-state index contributed by atoms with van der Waals surface area (Å²) in [6, 6.07) is 8.36. The Kier molecular flexibility index (Phi) is 4.91. The van der Waals surface area contributed by atoms with E-state index in [0.29, 0.717) is 17.0 Å². The number of aryl methyl sites for hydroxylation is 2. The van der Waals surface area contributed by atoms with Gasteiger partial charge in [0.1, 0.15) is 11.3 Å². The van der Waals surface area contributed by atoms with Gasteiger partial charge >= 0.3 is 0 Å². The lowest BCUT2D eigenvalue weighted by Crippen LogP contribution is -2.14. The van der Waals surface area contributed by atoms with Gasteiger partial charge in [0.2, 0.25) is 0 Å². The molecule has 0 spiro atoms. The first-order chi connectivity index (χ1) is 12.4. The number of nitrogens with zero attached hydrogens (tertiary/aromatic N) is 2. The number of fused-ring (bicyclic) bond motifs is 1. The number of sulfonamides is 1. The third kappa shape index (κ3) is 3.26. The maximum absolute atomic E-state index is 12.9. The molecule has 3 rings (SSSR count). The fraction of sp³-hybridized carbons (Fsp3) is 0.316. The van der Waals surface area contributed by atoms with E-state index in [4.69, 9.17) is 4.74 Å². The van der Waals surface area contributed by atoms with Crippen LogP contribution >= 0.6 is 0 Å². The van der Waals surface area contributed by atoms with Crippen LogP contribution in [0.1, 0.15) is 24.5 Å². The van der Waals surface area contributed by atoms with Gasteiger partial charge in [-0.05, 0) is 61.7 Å². The first-order valence-corrected chi connectivity index (χ1v) is 9.97. The third-order valence-corrected chi connectivity index (χ3v) is 5.87. The van der Waals surface area contributed by atoms with Crippen molar-refractivity contribution in [1.82, 2.24) is 9.55 Å². The molecule has 6 nitrogen and oxygen atoms in total. The topological polar surface area (TPSA) is 73.2 Å². The molecule has 0 saturated carbocycles. The van der Waals surface area contributed by atoms with Crippen molar-refractivity contribution in [3.63, 3.8) is 0 Å². The summed E-state index contributed by atoms with van der Waals surface area (Å²) >= 11 is 0. The Bertz CT molecular complexity index is 1040. The smallest absolute Gasteiger partial charge is 0.261 e. The van der Waals surface area contributed by atoms with E-state index in [0.717, 1.165) is 29.6 Å². The molecule has 0 aliphatic heterocycles. The molecule has 0 radical (unpaired) electrons. The van der Waals surface area contributed by atoms with E-state index in [9.17, 15) is 8.42 Å². The Hall–Kier alpha value is -2.54. The molecule has 1 N–H and O–H groups in total. The lowest BCUT2D eigenvalue weighted by molar-refractivity contribution is 0.414. The minimum Gasteiger partial charge on any atom is -0.497 e. The van der Waals surface area contributed by atoms with E-state index < -0.39 is 10.0 Å². The summed E-state index contributed by atoms with van der Waals surface area (Å²) in [5.41, 5.74) is 4.02. The standard InChI is InChI=1S/C19H23N3O3S/c1-5-10-22-12-20-19-17(22)11-13(2)14(3)18(19)21-26(23,24)16-8-6-15(25-4)7-9-16/h6-9,11-12,21H,5,10H2,1-4H3. The van der Waals surface area contributed by atoms with Crippen LogP contribution in [-0.4, -0.2) is 25.1 Å². The monoisotopic (exact) mass is 373 g/mol. The number of nitrogens with one attached hydrogen (secondary N) is 1. The SMILES string of the molecule is CCCn1cnc2c(NS(=O)(=O)c3ccc(OC)cc3)c(C)c(C)cc21. The van der Waals surface area contributed by atoms with Gasteiger partial charge in [0, 0.05) is 6.54 Å². The van der Waals surface area contributed by atoms with Gasteiger partial charge in [-0.2, -0.15) is 0 Å².